The van der Waals surface area contributed by atoms with Gasteiger partial charge in [0.15, 0.2) is 0 Å². The molecule has 0 heterocycles. The maximum absolute atomic E-state index is 10.5. The molecule has 0 bridgehead atoms. The maximum Gasteiger partial charge on any atom is 0.324 e. The number of carbonyl (C=O) groups excluding carboxylic acids is 1. The second-order valence-electron chi connectivity index (χ2n) is 1.57. The van der Waals surface area contributed by atoms with Gasteiger partial charge in [0.05, 0.1) is 14.2 Å². The Labute approximate surface area is 54.1 Å². The molecule has 0 amide bonds. The Morgan fingerprint density at radius 2 is 2.11 bits per heavy atom. The Hall–Kier alpha value is -0.610. The highest BCUT2D eigenvalue weighted by Crippen LogP contribution is 1.83. The first-order chi connectivity index (χ1) is 4.22. The molecule has 0 aliphatic carbocycles. The molecule has 0 aliphatic heterocycles. The average molecular weight is 133 g/mol. The summed E-state index contributed by atoms with van der Waals surface area (Å²) in [4.78, 5) is 15.0. The molecule has 54 valence electrons. The highest BCUT2D eigenvalue weighted by molar-refractivity contribution is 5.74. The van der Waals surface area contributed by atoms with E-state index in [1.54, 1.807) is 6.92 Å². The molecule has 0 aromatic heterocycles. The van der Waals surface area contributed by atoms with E-state index in [1.807, 2.05) is 0 Å². The lowest BCUT2D eigenvalue weighted by molar-refractivity contribution is -0.146. The number of hydroxylamine groups is 1. The van der Waals surface area contributed by atoms with Gasteiger partial charge in [-0.2, -0.15) is 5.48 Å². The SMILES string of the molecule is CON[C@H](C)C(=O)OC. The maximum atomic E-state index is 10.5. The van der Waals surface area contributed by atoms with Crippen LogP contribution in [0.4, 0.5) is 0 Å². The molecule has 0 aromatic carbocycles. The van der Waals surface area contributed by atoms with Crippen LogP contribution in [0.2, 0.25) is 0 Å². The molecule has 1 N–H and O–H groups in total. The minimum atomic E-state index is -0.403. The third kappa shape index (κ3) is 3.05. The molecule has 0 rings (SSSR count). The van der Waals surface area contributed by atoms with E-state index >= 15 is 0 Å². The van der Waals surface area contributed by atoms with E-state index in [2.05, 4.69) is 15.1 Å². The van der Waals surface area contributed by atoms with Gasteiger partial charge in [-0.05, 0) is 6.92 Å². The molecule has 0 saturated carbocycles. The number of methoxy groups -OCH3 is 1. The largest absolute Gasteiger partial charge is 0.468 e. The summed E-state index contributed by atoms with van der Waals surface area (Å²) >= 11 is 0. The molecular formula is C5H11NO3. The minimum Gasteiger partial charge on any atom is -0.468 e. The Morgan fingerprint density at radius 1 is 1.56 bits per heavy atom. The number of esters is 1. The molecule has 0 aliphatic rings. The number of carbonyl (C=O) groups is 1. The normalized spacial score (nSPS) is 12.8. The van der Waals surface area contributed by atoms with Crippen molar-refractivity contribution in [1.29, 1.82) is 0 Å². The van der Waals surface area contributed by atoms with Gasteiger partial charge < -0.3 is 9.57 Å². The molecule has 1 atom stereocenters. The average Bonchev–Trinajstić information content (AvgIpc) is 1.87. The molecule has 9 heavy (non-hydrogen) atoms. The van der Waals surface area contributed by atoms with Crippen LogP contribution in [0.1, 0.15) is 6.92 Å². The minimum absolute atomic E-state index is 0.336. The summed E-state index contributed by atoms with van der Waals surface area (Å²) < 4.78 is 4.38. The second-order valence-corrected chi connectivity index (χ2v) is 1.57. The van der Waals surface area contributed by atoms with Crippen molar-refractivity contribution in [3.63, 3.8) is 0 Å². The molecule has 4 nitrogen and oxygen atoms in total. The van der Waals surface area contributed by atoms with Crippen molar-refractivity contribution in [3.05, 3.63) is 0 Å². The van der Waals surface area contributed by atoms with Gasteiger partial charge in [-0.3, -0.25) is 4.79 Å². The fraction of sp³-hybridized carbons (Fsp3) is 0.800. The summed E-state index contributed by atoms with van der Waals surface area (Å²) in [5.41, 5.74) is 2.42. The van der Waals surface area contributed by atoms with Crippen molar-refractivity contribution in [2.75, 3.05) is 14.2 Å². The standard InChI is InChI=1S/C5H11NO3/c1-4(6-9-3)5(7)8-2/h4,6H,1-3H3/t4-/m1/s1. The number of hydrogen-bond acceptors (Lipinski definition) is 4. The lowest BCUT2D eigenvalue weighted by Gasteiger charge is -2.07. The van der Waals surface area contributed by atoms with Gasteiger partial charge in [-0.1, -0.05) is 0 Å². The number of rotatable bonds is 3. The van der Waals surface area contributed by atoms with Crippen LogP contribution in [0.3, 0.4) is 0 Å². The van der Waals surface area contributed by atoms with Crippen molar-refractivity contribution in [3.8, 4) is 0 Å². The van der Waals surface area contributed by atoms with Gasteiger partial charge in [0.2, 0.25) is 0 Å². The van der Waals surface area contributed by atoms with Gasteiger partial charge in [-0.15, -0.1) is 0 Å². The van der Waals surface area contributed by atoms with E-state index < -0.39 is 6.04 Å². The van der Waals surface area contributed by atoms with E-state index in [0.29, 0.717) is 0 Å². The van der Waals surface area contributed by atoms with Crippen molar-refractivity contribution in [2.24, 2.45) is 0 Å². The Bertz CT molecular complexity index is 94.2. The van der Waals surface area contributed by atoms with Crippen molar-refractivity contribution in [2.45, 2.75) is 13.0 Å². The van der Waals surface area contributed by atoms with Gasteiger partial charge in [0, 0.05) is 0 Å². The van der Waals surface area contributed by atoms with Crippen LogP contribution in [0, 0.1) is 0 Å². The molecule has 0 unspecified atom stereocenters. The zero-order valence-corrected chi connectivity index (χ0v) is 5.80. The van der Waals surface area contributed by atoms with Crippen LogP contribution >= 0.6 is 0 Å². The zero-order chi connectivity index (χ0) is 7.28. The van der Waals surface area contributed by atoms with E-state index in [-0.39, 0.29) is 5.97 Å². The topological polar surface area (TPSA) is 47.6 Å². The van der Waals surface area contributed by atoms with Gasteiger partial charge in [0.25, 0.3) is 0 Å². The predicted molar refractivity (Wildman–Crippen MR) is 31.6 cm³/mol. The summed E-state index contributed by atoms with van der Waals surface area (Å²) in [7, 11) is 2.77. The van der Waals surface area contributed by atoms with Crippen LogP contribution in [-0.4, -0.2) is 26.2 Å². The van der Waals surface area contributed by atoms with Crippen molar-refractivity contribution < 1.29 is 14.4 Å². The predicted octanol–water partition coefficient (Wildman–Crippen LogP) is -0.301. The smallest absolute Gasteiger partial charge is 0.324 e. The zero-order valence-electron chi connectivity index (χ0n) is 5.80. The van der Waals surface area contributed by atoms with Crippen molar-refractivity contribution in [1.82, 2.24) is 5.48 Å². The first kappa shape index (κ1) is 8.39. The molecule has 0 aromatic rings. The molecule has 0 saturated heterocycles. The molecule has 0 spiro atoms. The number of hydrogen-bond donors (Lipinski definition) is 1. The summed E-state index contributed by atoms with van der Waals surface area (Å²) in [6.07, 6.45) is 0. The van der Waals surface area contributed by atoms with Crippen LogP contribution in [0.25, 0.3) is 0 Å². The quantitative estimate of drug-likeness (QED) is 0.424. The third-order valence-corrected chi connectivity index (χ3v) is 0.849. The Balaban J connectivity index is 3.45. The molecule has 0 radical (unpaired) electrons. The first-order valence-electron chi connectivity index (χ1n) is 2.58. The first-order valence-corrected chi connectivity index (χ1v) is 2.58. The molecular weight excluding hydrogens is 122 g/mol. The summed E-state index contributed by atoms with van der Waals surface area (Å²) in [5.74, 6) is -0.336. The van der Waals surface area contributed by atoms with Crippen LogP contribution < -0.4 is 5.48 Å². The summed E-state index contributed by atoms with van der Waals surface area (Å²) in [6.45, 7) is 1.65. The highest BCUT2D eigenvalue weighted by Gasteiger charge is 2.10. The van der Waals surface area contributed by atoms with E-state index in [1.165, 1.54) is 14.2 Å². The van der Waals surface area contributed by atoms with Crippen LogP contribution in [0.5, 0.6) is 0 Å². The van der Waals surface area contributed by atoms with Crippen LogP contribution in [-0.2, 0) is 14.4 Å². The number of ether oxygens (including phenoxy) is 1. The Morgan fingerprint density at radius 3 is 2.44 bits per heavy atom. The fourth-order valence-electron chi connectivity index (χ4n) is 0.402. The second kappa shape index (κ2) is 4.29. The van der Waals surface area contributed by atoms with Gasteiger partial charge in [-0.25, -0.2) is 0 Å². The van der Waals surface area contributed by atoms with Gasteiger partial charge >= 0.3 is 5.97 Å². The third-order valence-electron chi connectivity index (χ3n) is 0.849. The van der Waals surface area contributed by atoms with E-state index in [4.69, 9.17) is 0 Å². The Kier molecular flexibility index (Phi) is 4.00. The monoisotopic (exact) mass is 133 g/mol. The number of nitrogens with one attached hydrogen (secondary N) is 1. The van der Waals surface area contributed by atoms with Crippen molar-refractivity contribution >= 4 is 5.97 Å². The highest BCUT2D eigenvalue weighted by atomic mass is 16.6. The molecule has 0 fully saturated rings. The lowest BCUT2D eigenvalue weighted by atomic mass is 10.4. The molecule has 4 heteroatoms. The van der Waals surface area contributed by atoms with Gasteiger partial charge in [0.1, 0.15) is 6.04 Å². The van der Waals surface area contributed by atoms with Crippen LogP contribution in [0.15, 0.2) is 0 Å². The fourth-order valence-corrected chi connectivity index (χ4v) is 0.402. The summed E-state index contributed by atoms with van der Waals surface area (Å²) in [6, 6.07) is -0.403. The van der Waals surface area contributed by atoms with E-state index in [0.717, 1.165) is 0 Å². The van der Waals surface area contributed by atoms with E-state index in [9.17, 15) is 4.79 Å². The summed E-state index contributed by atoms with van der Waals surface area (Å²) in [5, 5.41) is 0. The lowest BCUT2D eigenvalue weighted by Crippen LogP contribution is -2.33.